The first kappa shape index (κ1) is 17.0. The van der Waals surface area contributed by atoms with Gasteiger partial charge in [0, 0.05) is 35.6 Å². The number of halogens is 1. The van der Waals surface area contributed by atoms with Crippen LogP contribution < -0.4 is 0 Å². The minimum Gasteiger partial charge on any atom is -0.342 e. The number of para-hydroxylation sites is 2. The molecular weight excluding hydrogens is 402 g/mol. The molecule has 1 aromatic heterocycles. The van der Waals surface area contributed by atoms with Gasteiger partial charge >= 0.3 is 0 Å². The second-order valence-electron chi connectivity index (χ2n) is 7.75. The Bertz CT molecular complexity index is 990. The molecule has 5 rings (SSSR count). The van der Waals surface area contributed by atoms with Gasteiger partial charge in [-0.15, -0.1) is 0 Å². The van der Waals surface area contributed by atoms with Crippen molar-refractivity contribution in [1.82, 2.24) is 14.5 Å². The van der Waals surface area contributed by atoms with Crippen molar-refractivity contribution in [1.29, 1.82) is 0 Å². The number of hydrogen-bond donors (Lipinski definition) is 0. The number of rotatable bonds is 4. The van der Waals surface area contributed by atoms with E-state index in [1.54, 1.807) is 0 Å². The first-order valence-corrected chi connectivity index (χ1v) is 10.5. The number of likely N-dealkylation sites (tertiary alicyclic amines) is 1. The number of fused-ring (bicyclic) bond motifs is 1. The molecule has 0 spiro atoms. The molecule has 2 heterocycles. The zero-order chi connectivity index (χ0) is 18.4. The molecule has 1 saturated heterocycles. The van der Waals surface area contributed by atoms with Crippen molar-refractivity contribution in [3.05, 3.63) is 53.0 Å². The molecule has 2 aliphatic rings. The fourth-order valence-corrected chi connectivity index (χ4v) is 4.37. The van der Waals surface area contributed by atoms with Gasteiger partial charge in [0.15, 0.2) is 0 Å². The van der Waals surface area contributed by atoms with Crippen molar-refractivity contribution < 1.29 is 4.79 Å². The highest BCUT2D eigenvalue weighted by atomic mass is 79.9. The molecule has 1 aliphatic carbocycles. The molecule has 0 N–H and O–H groups in total. The van der Waals surface area contributed by atoms with Gasteiger partial charge in [0.05, 0.1) is 11.0 Å². The number of hydrogen-bond acceptors (Lipinski definition) is 2. The van der Waals surface area contributed by atoms with E-state index in [-0.39, 0.29) is 0 Å². The maximum atomic E-state index is 12.4. The minimum absolute atomic E-state index is 0.316. The van der Waals surface area contributed by atoms with Crippen LogP contribution >= 0.6 is 15.9 Å². The van der Waals surface area contributed by atoms with Crippen molar-refractivity contribution in [2.24, 2.45) is 11.8 Å². The van der Waals surface area contributed by atoms with Gasteiger partial charge in [-0.1, -0.05) is 40.2 Å². The number of imidazole rings is 1. The zero-order valence-corrected chi connectivity index (χ0v) is 16.7. The highest BCUT2D eigenvalue weighted by Gasteiger charge is 2.36. The maximum Gasteiger partial charge on any atom is 0.225 e. The van der Waals surface area contributed by atoms with Crippen molar-refractivity contribution in [3.63, 3.8) is 0 Å². The Kier molecular flexibility index (Phi) is 4.27. The topological polar surface area (TPSA) is 38.1 Å². The molecule has 2 fully saturated rings. The third-order valence-electron chi connectivity index (χ3n) is 5.72. The number of carbonyl (C=O) groups is 1. The summed E-state index contributed by atoms with van der Waals surface area (Å²) in [7, 11) is 0. The summed E-state index contributed by atoms with van der Waals surface area (Å²) in [4.78, 5) is 19.4. The summed E-state index contributed by atoms with van der Waals surface area (Å²) in [5.41, 5.74) is 3.32. The standard InChI is InChI=1S/C22H22BrN3O/c23-18-9-7-16(8-10-18)21-24-19-3-1-2-4-20(19)26(21)14-15-11-12-25(13-15)22(27)17-5-6-17/h1-4,7-10,15,17H,5-6,11-14H2/t15-/m0/s1. The number of aromatic nitrogens is 2. The number of amides is 1. The van der Waals surface area contributed by atoms with Crippen molar-refractivity contribution in [2.45, 2.75) is 25.8 Å². The SMILES string of the molecule is O=C(C1CC1)N1CC[C@H](Cn2c(-c3ccc(Br)cc3)nc3ccccc32)C1. The number of nitrogens with zero attached hydrogens (tertiary/aromatic N) is 3. The Hall–Kier alpha value is -2.14. The molecule has 1 atom stereocenters. The van der Waals surface area contributed by atoms with Crippen LogP contribution in [-0.4, -0.2) is 33.4 Å². The third-order valence-corrected chi connectivity index (χ3v) is 6.25. The summed E-state index contributed by atoms with van der Waals surface area (Å²) in [6.45, 7) is 2.68. The smallest absolute Gasteiger partial charge is 0.225 e. The molecular formula is C22H22BrN3O. The monoisotopic (exact) mass is 423 g/mol. The zero-order valence-electron chi connectivity index (χ0n) is 15.1. The first-order chi connectivity index (χ1) is 13.2. The van der Waals surface area contributed by atoms with Crippen LogP contribution in [0.15, 0.2) is 53.0 Å². The van der Waals surface area contributed by atoms with Crippen LogP contribution in [0.5, 0.6) is 0 Å². The van der Waals surface area contributed by atoms with E-state index >= 15 is 0 Å². The van der Waals surface area contributed by atoms with Crippen LogP contribution in [0, 0.1) is 11.8 Å². The van der Waals surface area contributed by atoms with E-state index in [9.17, 15) is 4.79 Å². The molecule has 2 aromatic carbocycles. The molecule has 1 aliphatic heterocycles. The molecule has 0 radical (unpaired) electrons. The van der Waals surface area contributed by atoms with Gasteiger partial charge < -0.3 is 9.47 Å². The Morgan fingerprint density at radius 2 is 1.85 bits per heavy atom. The lowest BCUT2D eigenvalue weighted by Gasteiger charge is -2.17. The molecule has 0 unspecified atom stereocenters. The van der Waals surface area contributed by atoms with E-state index in [0.29, 0.717) is 17.7 Å². The lowest BCUT2D eigenvalue weighted by atomic mass is 10.1. The molecule has 3 aromatic rings. The maximum absolute atomic E-state index is 12.4. The van der Waals surface area contributed by atoms with E-state index in [2.05, 4.69) is 67.9 Å². The minimum atomic E-state index is 0.316. The molecule has 4 nitrogen and oxygen atoms in total. The number of carbonyl (C=O) groups excluding carboxylic acids is 1. The summed E-state index contributed by atoms with van der Waals surface area (Å²) in [6.07, 6.45) is 3.24. The molecule has 138 valence electrons. The van der Waals surface area contributed by atoms with E-state index in [0.717, 1.165) is 60.3 Å². The van der Waals surface area contributed by atoms with Crippen LogP contribution in [0.3, 0.4) is 0 Å². The normalized spacial score (nSPS) is 19.7. The van der Waals surface area contributed by atoms with E-state index < -0.39 is 0 Å². The predicted molar refractivity (Wildman–Crippen MR) is 110 cm³/mol. The Morgan fingerprint density at radius 1 is 1.07 bits per heavy atom. The number of benzene rings is 2. The second kappa shape index (κ2) is 6.79. The summed E-state index contributed by atoms with van der Waals surface area (Å²) in [5.74, 6) is 2.19. The summed E-state index contributed by atoms with van der Waals surface area (Å²) in [5, 5.41) is 0. The Morgan fingerprint density at radius 3 is 2.63 bits per heavy atom. The first-order valence-electron chi connectivity index (χ1n) is 9.69. The second-order valence-corrected chi connectivity index (χ2v) is 8.67. The van der Waals surface area contributed by atoms with Crippen LogP contribution in [0.4, 0.5) is 0 Å². The lowest BCUT2D eigenvalue weighted by molar-refractivity contribution is -0.131. The predicted octanol–water partition coefficient (Wildman–Crippen LogP) is 4.72. The van der Waals surface area contributed by atoms with Crippen LogP contribution in [-0.2, 0) is 11.3 Å². The molecule has 27 heavy (non-hydrogen) atoms. The third kappa shape index (κ3) is 3.29. The highest BCUT2D eigenvalue weighted by Crippen LogP contribution is 2.34. The molecule has 5 heteroatoms. The van der Waals surface area contributed by atoms with E-state index in [1.807, 2.05) is 6.07 Å². The summed E-state index contributed by atoms with van der Waals surface area (Å²) in [6, 6.07) is 16.7. The van der Waals surface area contributed by atoms with E-state index in [1.165, 1.54) is 5.52 Å². The van der Waals surface area contributed by atoms with Crippen molar-refractivity contribution in [2.75, 3.05) is 13.1 Å². The average molecular weight is 424 g/mol. The van der Waals surface area contributed by atoms with Crippen molar-refractivity contribution >= 4 is 32.9 Å². The van der Waals surface area contributed by atoms with Gasteiger partial charge in [-0.25, -0.2) is 4.98 Å². The Labute approximate surface area is 167 Å². The van der Waals surface area contributed by atoms with Crippen LogP contribution in [0.1, 0.15) is 19.3 Å². The molecule has 0 bridgehead atoms. The average Bonchev–Trinajstić information content (AvgIpc) is 3.33. The molecule has 1 amide bonds. The van der Waals surface area contributed by atoms with Crippen LogP contribution in [0.25, 0.3) is 22.4 Å². The largest absolute Gasteiger partial charge is 0.342 e. The van der Waals surface area contributed by atoms with Gasteiger partial charge in [0.1, 0.15) is 5.82 Å². The van der Waals surface area contributed by atoms with Gasteiger partial charge in [0.25, 0.3) is 0 Å². The van der Waals surface area contributed by atoms with Crippen molar-refractivity contribution in [3.8, 4) is 11.4 Å². The highest BCUT2D eigenvalue weighted by molar-refractivity contribution is 9.10. The summed E-state index contributed by atoms with van der Waals surface area (Å²) >= 11 is 3.51. The summed E-state index contributed by atoms with van der Waals surface area (Å²) < 4.78 is 3.41. The molecule has 1 saturated carbocycles. The fraction of sp³-hybridized carbons (Fsp3) is 0.364. The van der Waals surface area contributed by atoms with E-state index in [4.69, 9.17) is 4.98 Å². The van der Waals surface area contributed by atoms with Gasteiger partial charge in [-0.2, -0.15) is 0 Å². The quantitative estimate of drug-likeness (QED) is 0.608. The Balaban J connectivity index is 1.46. The lowest BCUT2D eigenvalue weighted by Crippen LogP contribution is -2.30. The van der Waals surface area contributed by atoms with Gasteiger partial charge in [-0.3, -0.25) is 4.79 Å². The van der Waals surface area contributed by atoms with Gasteiger partial charge in [-0.05, 0) is 49.4 Å². The fourth-order valence-electron chi connectivity index (χ4n) is 4.11. The van der Waals surface area contributed by atoms with Gasteiger partial charge in [0.2, 0.25) is 5.91 Å². The van der Waals surface area contributed by atoms with Crippen LogP contribution in [0.2, 0.25) is 0 Å².